The Morgan fingerprint density at radius 2 is 0.823 bits per heavy atom. The Morgan fingerprint density at radius 3 is 1.21 bits per heavy atom. The standard InChI is InChI=1S/C52H101O9P/c1-3-5-7-9-11-13-15-17-19-21-23-24-25-26-27-28-30-32-34-36-38-40-42-44-52(55)61-51(49-60-62(56,57)59-47-50(54)46-53)48-58-45-43-41-39-37-35-33-31-29-22-20-18-16-14-12-10-8-6-4-2/h18,20-21,23,50-51,53-54H,3-17,19,22,24-49H2,1-2H3,(H,56,57)/b20-18-,23-21-. The zero-order valence-electron chi connectivity index (χ0n) is 40.6. The van der Waals surface area contributed by atoms with Gasteiger partial charge in [-0.1, -0.05) is 212 Å². The van der Waals surface area contributed by atoms with Crippen molar-refractivity contribution >= 4 is 13.8 Å². The number of aliphatic hydroxyl groups is 2. The number of esters is 1. The van der Waals surface area contributed by atoms with Gasteiger partial charge in [0.2, 0.25) is 0 Å². The number of carbonyl (C=O) groups excluding carboxylic acids is 1. The highest BCUT2D eigenvalue weighted by Gasteiger charge is 2.26. The number of aliphatic hydroxyl groups excluding tert-OH is 2. The molecule has 0 bridgehead atoms. The Labute approximate surface area is 383 Å². The fourth-order valence-electron chi connectivity index (χ4n) is 7.58. The number of carbonyl (C=O) groups is 1. The van der Waals surface area contributed by atoms with Gasteiger partial charge in [-0.3, -0.25) is 13.8 Å². The van der Waals surface area contributed by atoms with E-state index in [-0.39, 0.29) is 25.6 Å². The number of phosphoric acid groups is 1. The van der Waals surface area contributed by atoms with E-state index in [4.69, 9.17) is 23.6 Å². The molecule has 0 heterocycles. The van der Waals surface area contributed by atoms with Crippen LogP contribution in [0.1, 0.15) is 258 Å². The van der Waals surface area contributed by atoms with E-state index in [9.17, 15) is 19.4 Å². The average molecular weight is 901 g/mol. The third-order valence-corrected chi connectivity index (χ3v) is 12.6. The number of hydrogen-bond acceptors (Lipinski definition) is 8. The first kappa shape index (κ1) is 60.9. The molecule has 0 aromatic heterocycles. The van der Waals surface area contributed by atoms with Crippen molar-refractivity contribution in [1.82, 2.24) is 0 Å². The maximum absolute atomic E-state index is 12.7. The topological polar surface area (TPSA) is 132 Å². The van der Waals surface area contributed by atoms with Crippen LogP contribution >= 0.6 is 7.82 Å². The van der Waals surface area contributed by atoms with Gasteiger partial charge in [-0.15, -0.1) is 0 Å². The van der Waals surface area contributed by atoms with Crippen LogP contribution in [-0.2, 0) is 27.9 Å². The highest BCUT2D eigenvalue weighted by atomic mass is 31.2. The molecule has 3 N–H and O–H groups in total. The number of phosphoric ester groups is 1. The third-order valence-electron chi connectivity index (χ3n) is 11.6. The molecule has 0 aliphatic heterocycles. The van der Waals surface area contributed by atoms with Gasteiger partial charge in [0.1, 0.15) is 12.2 Å². The van der Waals surface area contributed by atoms with Crippen LogP contribution in [0.2, 0.25) is 0 Å². The summed E-state index contributed by atoms with van der Waals surface area (Å²) >= 11 is 0. The summed E-state index contributed by atoms with van der Waals surface area (Å²) in [6, 6.07) is 0. The Hall–Kier alpha value is -1.06. The third kappa shape index (κ3) is 48.4. The highest BCUT2D eigenvalue weighted by Crippen LogP contribution is 2.43. The molecule has 0 saturated carbocycles. The molecule has 0 saturated heterocycles. The minimum Gasteiger partial charge on any atom is -0.457 e. The van der Waals surface area contributed by atoms with E-state index in [1.54, 1.807) is 0 Å². The Bertz CT molecular complexity index is 1020. The van der Waals surface area contributed by atoms with E-state index < -0.39 is 33.2 Å². The molecule has 0 fully saturated rings. The fraction of sp³-hybridized carbons (Fsp3) is 0.904. The molecule has 0 rings (SSSR count). The smallest absolute Gasteiger partial charge is 0.457 e. The summed E-state index contributed by atoms with van der Waals surface area (Å²) in [4.78, 5) is 22.7. The zero-order valence-corrected chi connectivity index (χ0v) is 41.5. The molecule has 62 heavy (non-hydrogen) atoms. The van der Waals surface area contributed by atoms with Crippen LogP contribution in [0.5, 0.6) is 0 Å². The monoisotopic (exact) mass is 901 g/mol. The lowest BCUT2D eigenvalue weighted by Gasteiger charge is -2.20. The number of rotatable bonds is 51. The fourth-order valence-corrected chi connectivity index (χ4v) is 8.37. The molecule has 0 aromatic carbocycles. The lowest BCUT2D eigenvalue weighted by Crippen LogP contribution is -2.29. The zero-order chi connectivity index (χ0) is 45.3. The van der Waals surface area contributed by atoms with Crippen LogP contribution in [0.3, 0.4) is 0 Å². The molecule has 3 unspecified atom stereocenters. The first-order valence-corrected chi connectivity index (χ1v) is 27.8. The summed E-state index contributed by atoms with van der Waals surface area (Å²) in [7, 11) is -4.52. The van der Waals surface area contributed by atoms with Gasteiger partial charge >= 0.3 is 13.8 Å². The molecule has 0 amide bonds. The summed E-state index contributed by atoms with van der Waals surface area (Å²) < 4.78 is 33.5. The van der Waals surface area contributed by atoms with Crippen molar-refractivity contribution < 1.29 is 43.0 Å². The number of hydrogen-bond donors (Lipinski definition) is 3. The largest absolute Gasteiger partial charge is 0.472 e. The Balaban J connectivity index is 4.03. The van der Waals surface area contributed by atoms with E-state index in [0.717, 1.165) is 38.5 Å². The van der Waals surface area contributed by atoms with Crippen molar-refractivity contribution in [3.63, 3.8) is 0 Å². The summed E-state index contributed by atoms with van der Waals surface area (Å²) in [5.74, 6) is -0.380. The lowest BCUT2D eigenvalue weighted by atomic mass is 10.0. The normalized spacial score (nSPS) is 14.0. The maximum atomic E-state index is 12.7. The van der Waals surface area contributed by atoms with Crippen molar-refractivity contribution in [2.24, 2.45) is 0 Å². The summed E-state index contributed by atoms with van der Waals surface area (Å²) in [5.41, 5.74) is 0. The van der Waals surface area contributed by atoms with Crippen LogP contribution in [0.15, 0.2) is 24.3 Å². The van der Waals surface area contributed by atoms with E-state index in [1.807, 2.05) is 0 Å². The van der Waals surface area contributed by atoms with Crippen LogP contribution in [0.25, 0.3) is 0 Å². The van der Waals surface area contributed by atoms with Crippen molar-refractivity contribution in [3.8, 4) is 0 Å². The molecule has 10 heteroatoms. The molecular weight excluding hydrogens is 800 g/mol. The van der Waals surface area contributed by atoms with Gasteiger partial charge in [0, 0.05) is 13.0 Å². The second-order valence-corrected chi connectivity index (χ2v) is 19.3. The van der Waals surface area contributed by atoms with Gasteiger partial charge in [-0.05, 0) is 64.2 Å². The second-order valence-electron chi connectivity index (χ2n) is 17.9. The van der Waals surface area contributed by atoms with Crippen LogP contribution in [0.4, 0.5) is 0 Å². The predicted octanol–water partition coefficient (Wildman–Crippen LogP) is 15.4. The molecule has 0 aliphatic rings. The molecule has 368 valence electrons. The number of allylic oxidation sites excluding steroid dienone is 4. The SMILES string of the molecule is CCCCCCCC/C=C\CCCCCCCCCCOCC(COP(=O)(O)OCC(O)CO)OC(=O)CCCCCCCCCCCCC/C=C\CCCCCCCCCC. The molecule has 0 aromatic rings. The van der Waals surface area contributed by atoms with E-state index in [2.05, 4.69) is 38.2 Å². The van der Waals surface area contributed by atoms with Crippen LogP contribution in [-0.4, -0.2) is 66.3 Å². The summed E-state index contributed by atoms with van der Waals surface area (Å²) in [5, 5.41) is 18.4. The van der Waals surface area contributed by atoms with Gasteiger partial charge < -0.3 is 24.6 Å². The minimum atomic E-state index is -4.52. The highest BCUT2D eigenvalue weighted by molar-refractivity contribution is 7.47. The molecule has 0 aliphatic carbocycles. The predicted molar refractivity (Wildman–Crippen MR) is 261 cm³/mol. The Kier molecular flexibility index (Phi) is 48.5. The number of ether oxygens (including phenoxy) is 2. The van der Waals surface area contributed by atoms with Crippen molar-refractivity contribution in [2.75, 3.05) is 33.0 Å². The van der Waals surface area contributed by atoms with Crippen LogP contribution < -0.4 is 0 Å². The van der Waals surface area contributed by atoms with Gasteiger partial charge in [0.05, 0.1) is 26.4 Å². The van der Waals surface area contributed by atoms with Crippen molar-refractivity contribution in [2.45, 2.75) is 270 Å². The number of unbranched alkanes of at least 4 members (excludes halogenated alkanes) is 33. The van der Waals surface area contributed by atoms with E-state index >= 15 is 0 Å². The van der Waals surface area contributed by atoms with Gasteiger partial charge in [0.25, 0.3) is 0 Å². The first-order valence-electron chi connectivity index (χ1n) is 26.3. The Morgan fingerprint density at radius 1 is 0.484 bits per heavy atom. The van der Waals surface area contributed by atoms with Gasteiger partial charge in [-0.2, -0.15) is 0 Å². The lowest BCUT2D eigenvalue weighted by molar-refractivity contribution is -0.154. The van der Waals surface area contributed by atoms with E-state index in [0.29, 0.717) is 6.61 Å². The van der Waals surface area contributed by atoms with Gasteiger partial charge in [-0.25, -0.2) is 4.57 Å². The molecule has 0 spiro atoms. The van der Waals surface area contributed by atoms with Crippen molar-refractivity contribution in [3.05, 3.63) is 24.3 Å². The summed E-state index contributed by atoms with van der Waals surface area (Å²) in [6.45, 7) is 3.56. The van der Waals surface area contributed by atoms with Crippen LogP contribution in [0, 0.1) is 0 Å². The molecule has 3 atom stereocenters. The van der Waals surface area contributed by atoms with Crippen molar-refractivity contribution in [1.29, 1.82) is 0 Å². The van der Waals surface area contributed by atoms with Gasteiger partial charge in [0.15, 0.2) is 0 Å². The maximum Gasteiger partial charge on any atom is 0.472 e. The second kappa shape index (κ2) is 49.4. The average Bonchev–Trinajstić information content (AvgIpc) is 3.26. The molecule has 9 nitrogen and oxygen atoms in total. The molecule has 0 radical (unpaired) electrons. The molecular formula is C52H101O9P. The minimum absolute atomic E-state index is 0.0505. The quantitative estimate of drug-likeness (QED) is 0.0236. The van der Waals surface area contributed by atoms with E-state index in [1.165, 1.54) is 199 Å². The first-order chi connectivity index (χ1) is 30.3. The summed E-state index contributed by atoms with van der Waals surface area (Å²) in [6.07, 6.45) is 54.3.